The molecule has 0 amide bonds. The molecule has 0 radical (unpaired) electrons. The van der Waals surface area contributed by atoms with Crippen molar-refractivity contribution in [3.8, 4) is 0 Å². The van der Waals surface area contributed by atoms with Crippen LogP contribution in [-0.4, -0.2) is 38.1 Å². The van der Waals surface area contributed by atoms with E-state index >= 15 is 0 Å². The lowest BCUT2D eigenvalue weighted by atomic mass is 10.1. The lowest BCUT2D eigenvalue weighted by molar-refractivity contribution is 0.248. The van der Waals surface area contributed by atoms with Crippen LogP contribution in [0.5, 0.6) is 0 Å². The minimum atomic E-state index is 0.620. The van der Waals surface area contributed by atoms with E-state index in [2.05, 4.69) is 38.2 Å². The molecule has 0 saturated heterocycles. The van der Waals surface area contributed by atoms with E-state index in [1.54, 1.807) is 0 Å². The van der Waals surface area contributed by atoms with Crippen LogP contribution in [0.1, 0.15) is 20.3 Å². The molecule has 0 aromatic heterocycles. The van der Waals surface area contributed by atoms with Gasteiger partial charge in [0.25, 0.3) is 0 Å². The maximum absolute atomic E-state index is 3.29. The Kier molecular flexibility index (Phi) is 4.65. The molecular weight excluding hydrogens is 124 g/mol. The standard InChI is InChI=1S/C8H20N2/c1-6-8(9-3)7(2)10(4)5/h7-9H,6H2,1-5H3. The molecule has 2 nitrogen and oxygen atoms in total. The molecule has 1 N–H and O–H groups in total. The van der Waals surface area contributed by atoms with Crippen molar-refractivity contribution in [2.75, 3.05) is 21.1 Å². The molecule has 0 heterocycles. The minimum Gasteiger partial charge on any atom is -0.315 e. The van der Waals surface area contributed by atoms with Crippen LogP contribution in [0.25, 0.3) is 0 Å². The third-order valence-corrected chi connectivity index (χ3v) is 2.21. The average Bonchev–Trinajstić information content (AvgIpc) is 1.90. The fourth-order valence-corrected chi connectivity index (χ4v) is 1.15. The lowest BCUT2D eigenvalue weighted by Gasteiger charge is -2.27. The number of hydrogen-bond donors (Lipinski definition) is 1. The van der Waals surface area contributed by atoms with Crippen molar-refractivity contribution >= 4 is 0 Å². The van der Waals surface area contributed by atoms with Crippen LogP contribution in [-0.2, 0) is 0 Å². The maximum atomic E-state index is 3.29. The predicted octanol–water partition coefficient (Wildman–Crippen LogP) is 0.934. The number of likely N-dealkylation sites (N-methyl/N-ethyl adjacent to an activating group) is 2. The Hall–Kier alpha value is -0.0800. The highest BCUT2D eigenvalue weighted by Crippen LogP contribution is 2.02. The molecule has 62 valence electrons. The van der Waals surface area contributed by atoms with Gasteiger partial charge in [0, 0.05) is 12.1 Å². The van der Waals surface area contributed by atoms with Crippen molar-refractivity contribution < 1.29 is 0 Å². The van der Waals surface area contributed by atoms with Crippen LogP contribution in [0.3, 0.4) is 0 Å². The first-order chi connectivity index (χ1) is 4.63. The topological polar surface area (TPSA) is 15.3 Å². The summed E-state index contributed by atoms with van der Waals surface area (Å²) in [6.07, 6.45) is 1.19. The first-order valence-electron chi connectivity index (χ1n) is 3.97. The maximum Gasteiger partial charge on any atom is 0.0214 e. The molecule has 0 saturated carbocycles. The van der Waals surface area contributed by atoms with Gasteiger partial charge in [0.2, 0.25) is 0 Å². The molecule has 2 heteroatoms. The van der Waals surface area contributed by atoms with Gasteiger partial charge in [0.05, 0.1) is 0 Å². The summed E-state index contributed by atoms with van der Waals surface area (Å²) in [6.45, 7) is 4.45. The Morgan fingerprint density at radius 2 is 1.90 bits per heavy atom. The predicted molar refractivity (Wildman–Crippen MR) is 46.3 cm³/mol. The van der Waals surface area contributed by atoms with E-state index in [0.717, 1.165) is 0 Å². The summed E-state index contributed by atoms with van der Waals surface area (Å²) in [6, 6.07) is 1.24. The molecule has 0 aromatic rings. The summed E-state index contributed by atoms with van der Waals surface area (Å²) in [5, 5.41) is 3.29. The van der Waals surface area contributed by atoms with Crippen LogP contribution < -0.4 is 5.32 Å². The van der Waals surface area contributed by atoms with Gasteiger partial charge in [-0.1, -0.05) is 6.92 Å². The Balaban J connectivity index is 3.76. The Morgan fingerprint density at radius 1 is 1.40 bits per heavy atom. The first kappa shape index (κ1) is 9.92. The largest absolute Gasteiger partial charge is 0.315 e. The zero-order chi connectivity index (χ0) is 8.15. The summed E-state index contributed by atoms with van der Waals surface area (Å²) >= 11 is 0. The second-order valence-electron chi connectivity index (χ2n) is 3.01. The average molecular weight is 144 g/mol. The van der Waals surface area contributed by atoms with Crippen LogP contribution in [0.2, 0.25) is 0 Å². The van der Waals surface area contributed by atoms with Crippen LogP contribution in [0.15, 0.2) is 0 Å². The van der Waals surface area contributed by atoms with E-state index in [-0.39, 0.29) is 0 Å². The van der Waals surface area contributed by atoms with Crippen LogP contribution >= 0.6 is 0 Å². The van der Waals surface area contributed by atoms with Crippen molar-refractivity contribution in [1.29, 1.82) is 0 Å². The Morgan fingerprint density at radius 3 is 2.00 bits per heavy atom. The molecule has 2 atom stereocenters. The van der Waals surface area contributed by atoms with Gasteiger partial charge in [-0.15, -0.1) is 0 Å². The second-order valence-corrected chi connectivity index (χ2v) is 3.01. The van der Waals surface area contributed by atoms with Crippen molar-refractivity contribution in [2.24, 2.45) is 0 Å². The summed E-state index contributed by atoms with van der Waals surface area (Å²) in [5.74, 6) is 0. The highest BCUT2D eigenvalue weighted by Gasteiger charge is 2.13. The normalized spacial score (nSPS) is 17.4. The molecule has 0 aliphatic heterocycles. The van der Waals surface area contributed by atoms with Crippen molar-refractivity contribution in [3.63, 3.8) is 0 Å². The summed E-state index contributed by atoms with van der Waals surface area (Å²) in [4.78, 5) is 2.24. The Bertz CT molecular complexity index is 77.3. The molecule has 0 rings (SSSR count). The molecule has 0 fully saturated rings. The third kappa shape index (κ3) is 2.67. The molecule has 0 aliphatic rings. The molecule has 10 heavy (non-hydrogen) atoms. The van der Waals surface area contributed by atoms with Crippen molar-refractivity contribution in [3.05, 3.63) is 0 Å². The second kappa shape index (κ2) is 4.69. The van der Waals surface area contributed by atoms with Crippen molar-refractivity contribution in [1.82, 2.24) is 10.2 Å². The smallest absolute Gasteiger partial charge is 0.0214 e. The zero-order valence-corrected chi connectivity index (χ0v) is 7.81. The van der Waals surface area contributed by atoms with E-state index in [4.69, 9.17) is 0 Å². The first-order valence-corrected chi connectivity index (χ1v) is 3.97. The molecule has 0 aromatic carbocycles. The van der Waals surface area contributed by atoms with E-state index < -0.39 is 0 Å². The van der Waals surface area contributed by atoms with E-state index in [0.29, 0.717) is 12.1 Å². The minimum absolute atomic E-state index is 0.620. The van der Waals surface area contributed by atoms with Gasteiger partial charge in [-0.2, -0.15) is 0 Å². The lowest BCUT2D eigenvalue weighted by Crippen LogP contribution is -2.43. The molecule has 2 unspecified atom stereocenters. The summed E-state index contributed by atoms with van der Waals surface area (Å²) < 4.78 is 0. The number of nitrogens with one attached hydrogen (secondary N) is 1. The highest BCUT2D eigenvalue weighted by atomic mass is 15.1. The molecular formula is C8H20N2. The molecule has 0 bridgehead atoms. The number of rotatable bonds is 4. The third-order valence-electron chi connectivity index (χ3n) is 2.21. The number of nitrogens with zero attached hydrogens (tertiary/aromatic N) is 1. The summed E-state index contributed by atoms with van der Waals surface area (Å²) in [7, 11) is 6.25. The number of hydrogen-bond acceptors (Lipinski definition) is 2. The van der Waals surface area contributed by atoms with E-state index in [9.17, 15) is 0 Å². The fraction of sp³-hybridized carbons (Fsp3) is 1.00. The van der Waals surface area contributed by atoms with Gasteiger partial charge in [0.15, 0.2) is 0 Å². The van der Waals surface area contributed by atoms with Crippen molar-refractivity contribution in [2.45, 2.75) is 32.4 Å². The van der Waals surface area contributed by atoms with Gasteiger partial charge < -0.3 is 10.2 Å². The van der Waals surface area contributed by atoms with Gasteiger partial charge in [0.1, 0.15) is 0 Å². The molecule has 0 aliphatic carbocycles. The zero-order valence-electron chi connectivity index (χ0n) is 7.81. The van der Waals surface area contributed by atoms with Gasteiger partial charge in [-0.25, -0.2) is 0 Å². The molecule has 0 spiro atoms. The van der Waals surface area contributed by atoms with Gasteiger partial charge in [-0.05, 0) is 34.5 Å². The fourth-order valence-electron chi connectivity index (χ4n) is 1.15. The quantitative estimate of drug-likeness (QED) is 0.631. The van der Waals surface area contributed by atoms with Gasteiger partial charge >= 0.3 is 0 Å². The van der Waals surface area contributed by atoms with E-state index in [1.165, 1.54) is 6.42 Å². The van der Waals surface area contributed by atoms with Crippen LogP contribution in [0.4, 0.5) is 0 Å². The van der Waals surface area contributed by atoms with Crippen LogP contribution in [0, 0.1) is 0 Å². The monoisotopic (exact) mass is 144 g/mol. The van der Waals surface area contributed by atoms with E-state index in [1.807, 2.05) is 7.05 Å². The summed E-state index contributed by atoms with van der Waals surface area (Å²) in [5.41, 5.74) is 0. The highest BCUT2D eigenvalue weighted by molar-refractivity contribution is 4.74. The Labute approximate surface area is 64.6 Å². The van der Waals surface area contributed by atoms with Gasteiger partial charge in [-0.3, -0.25) is 0 Å². The SMILES string of the molecule is CCC(NC)C(C)N(C)C.